The minimum Gasteiger partial charge on any atom is -0.418 e. The van der Waals surface area contributed by atoms with E-state index in [4.69, 9.17) is 0 Å². The molecule has 0 saturated carbocycles. The Morgan fingerprint density at radius 3 is 2.24 bits per heavy atom. The molecule has 0 atom stereocenters. The first-order valence-corrected chi connectivity index (χ1v) is 7.46. The molecule has 0 aliphatic carbocycles. The number of rotatable bonds is 7. The zero-order chi connectivity index (χ0) is 16.3. The van der Waals surface area contributed by atoms with Gasteiger partial charge in [0.05, 0.1) is 12.7 Å². The first kappa shape index (κ1) is 19.7. The molecule has 1 aromatic heterocycles. The summed E-state index contributed by atoms with van der Waals surface area (Å²) in [6.45, 7) is 7.70. The molecule has 122 valence electrons. The Kier molecular flexibility index (Phi) is 9.83. The van der Waals surface area contributed by atoms with Crippen molar-refractivity contribution >= 4 is 13.5 Å². The van der Waals surface area contributed by atoms with Crippen molar-refractivity contribution in [3.63, 3.8) is 0 Å². The highest BCUT2D eigenvalue weighted by atomic mass is 19.5. The number of hydrogen-bond acceptors (Lipinski definition) is 0. The van der Waals surface area contributed by atoms with Gasteiger partial charge in [-0.15, -0.1) is 0 Å². The molecule has 0 aliphatic heterocycles. The highest BCUT2D eigenvalue weighted by molar-refractivity contribution is 6.50. The second kappa shape index (κ2) is 10.5. The number of allylic oxidation sites excluding steroid dienone is 1. The number of hydrogen-bond donors (Lipinski definition) is 0. The van der Waals surface area contributed by atoms with Crippen LogP contribution in [0, 0.1) is 0 Å². The fourth-order valence-electron chi connectivity index (χ4n) is 1.98. The normalized spacial score (nSPS) is 11.6. The van der Waals surface area contributed by atoms with Gasteiger partial charge in [0.2, 0.25) is 0 Å². The molecule has 2 nitrogen and oxygen atoms in total. The van der Waals surface area contributed by atoms with Gasteiger partial charge in [0.1, 0.15) is 12.4 Å². The summed E-state index contributed by atoms with van der Waals surface area (Å²) in [4.78, 5) is 0. The standard InChI is InChI=1S/C14H25N2.BF4/c1-4-7-8-9-10-11-16-13-12-15(6-3)14(16)5-2;2-1(3,4)5/h10-13H,4-9H2,1-3H3;/q+1;-1. The predicted octanol–water partition coefficient (Wildman–Crippen LogP) is 4.71. The van der Waals surface area contributed by atoms with Crippen LogP contribution in [0.25, 0.3) is 6.20 Å². The molecule has 0 spiro atoms. The Hall–Kier alpha value is -1.27. The Labute approximate surface area is 124 Å². The van der Waals surface area contributed by atoms with Gasteiger partial charge in [-0.1, -0.05) is 26.7 Å². The van der Waals surface area contributed by atoms with Crippen LogP contribution in [0.15, 0.2) is 18.5 Å². The molecule has 0 unspecified atom stereocenters. The van der Waals surface area contributed by atoms with Gasteiger partial charge >= 0.3 is 7.25 Å². The number of aromatic nitrogens is 2. The minimum atomic E-state index is -6.00. The van der Waals surface area contributed by atoms with E-state index >= 15 is 0 Å². The smallest absolute Gasteiger partial charge is 0.418 e. The van der Waals surface area contributed by atoms with E-state index in [0.717, 1.165) is 13.0 Å². The van der Waals surface area contributed by atoms with Crippen molar-refractivity contribution < 1.29 is 21.8 Å². The lowest BCUT2D eigenvalue weighted by Gasteiger charge is -1.96. The first-order valence-electron chi connectivity index (χ1n) is 7.46. The third kappa shape index (κ3) is 10.2. The summed E-state index contributed by atoms with van der Waals surface area (Å²) in [7, 11) is -6.00. The van der Waals surface area contributed by atoms with E-state index in [1.807, 2.05) is 0 Å². The predicted molar refractivity (Wildman–Crippen MR) is 79.3 cm³/mol. The van der Waals surface area contributed by atoms with Crippen molar-refractivity contribution in [3.8, 4) is 0 Å². The van der Waals surface area contributed by atoms with Crippen LogP contribution >= 0.6 is 0 Å². The summed E-state index contributed by atoms with van der Waals surface area (Å²) in [5, 5.41) is 0. The maximum Gasteiger partial charge on any atom is 0.673 e. The van der Waals surface area contributed by atoms with Crippen LogP contribution in [0.5, 0.6) is 0 Å². The Bertz CT molecular complexity index is 408. The van der Waals surface area contributed by atoms with Crippen LogP contribution in [0.2, 0.25) is 0 Å². The summed E-state index contributed by atoms with van der Waals surface area (Å²) < 4.78 is 43.5. The van der Waals surface area contributed by atoms with Crippen molar-refractivity contribution in [2.24, 2.45) is 0 Å². The largest absolute Gasteiger partial charge is 0.673 e. The molecule has 0 radical (unpaired) electrons. The van der Waals surface area contributed by atoms with E-state index in [2.05, 4.69) is 54.6 Å². The van der Waals surface area contributed by atoms with E-state index in [9.17, 15) is 17.3 Å². The maximum atomic E-state index is 9.75. The third-order valence-electron chi connectivity index (χ3n) is 2.93. The van der Waals surface area contributed by atoms with Gasteiger partial charge in [-0.3, -0.25) is 0 Å². The summed E-state index contributed by atoms with van der Waals surface area (Å²) in [5.74, 6) is 1.38. The Morgan fingerprint density at radius 1 is 1.14 bits per heavy atom. The van der Waals surface area contributed by atoms with Gasteiger partial charge in [-0.25, -0.2) is 9.13 Å². The molecular formula is C14H25BF4N2. The number of imidazole rings is 1. The van der Waals surface area contributed by atoms with Crippen LogP contribution in [0.1, 0.15) is 52.3 Å². The number of nitrogens with zero attached hydrogens (tertiary/aromatic N) is 2. The zero-order valence-electron chi connectivity index (χ0n) is 13.0. The fourth-order valence-corrected chi connectivity index (χ4v) is 1.98. The van der Waals surface area contributed by atoms with Crippen LogP contribution in [0.3, 0.4) is 0 Å². The van der Waals surface area contributed by atoms with Gasteiger partial charge in [0.25, 0.3) is 5.82 Å². The number of aryl methyl sites for hydroxylation is 1. The molecule has 0 saturated heterocycles. The molecule has 1 aromatic rings. The molecule has 0 bridgehead atoms. The maximum absolute atomic E-state index is 9.75. The lowest BCUT2D eigenvalue weighted by atomic mass is 10.2. The molecule has 1 rings (SSSR count). The van der Waals surface area contributed by atoms with Crippen molar-refractivity contribution in [1.29, 1.82) is 0 Å². The lowest BCUT2D eigenvalue weighted by molar-refractivity contribution is -0.700. The van der Waals surface area contributed by atoms with Crippen LogP contribution < -0.4 is 4.57 Å². The molecule has 0 amide bonds. The summed E-state index contributed by atoms with van der Waals surface area (Å²) in [5.41, 5.74) is 0. The topological polar surface area (TPSA) is 8.81 Å². The fraction of sp³-hybridized carbons (Fsp3) is 0.643. The summed E-state index contributed by atoms with van der Waals surface area (Å²) >= 11 is 0. The van der Waals surface area contributed by atoms with E-state index < -0.39 is 7.25 Å². The van der Waals surface area contributed by atoms with Crippen molar-refractivity contribution in [3.05, 3.63) is 24.3 Å². The zero-order valence-corrected chi connectivity index (χ0v) is 13.0. The van der Waals surface area contributed by atoms with E-state index in [1.165, 1.54) is 31.5 Å². The summed E-state index contributed by atoms with van der Waals surface area (Å²) in [6.07, 6.45) is 15.0. The summed E-state index contributed by atoms with van der Waals surface area (Å²) in [6, 6.07) is 0. The van der Waals surface area contributed by atoms with Crippen molar-refractivity contribution in [2.75, 3.05) is 0 Å². The quantitative estimate of drug-likeness (QED) is 0.298. The Balaban J connectivity index is 0.000000690. The number of unbranched alkanes of at least 4 members (excludes halogenated alkanes) is 3. The molecule has 0 N–H and O–H groups in total. The van der Waals surface area contributed by atoms with Gasteiger partial charge in [-0.05, 0) is 25.8 Å². The molecule has 0 aromatic carbocycles. The molecule has 0 aliphatic rings. The van der Waals surface area contributed by atoms with Crippen LogP contribution in [0.4, 0.5) is 17.3 Å². The second-order valence-electron chi connectivity index (χ2n) is 4.64. The third-order valence-corrected chi connectivity index (χ3v) is 2.93. The van der Waals surface area contributed by atoms with Crippen molar-refractivity contribution in [2.45, 2.75) is 59.4 Å². The highest BCUT2D eigenvalue weighted by Crippen LogP contribution is 2.06. The van der Waals surface area contributed by atoms with Crippen LogP contribution in [-0.4, -0.2) is 11.8 Å². The van der Waals surface area contributed by atoms with Gasteiger partial charge < -0.3 is 17.3 Å². The number of halogens is 4. The lowest BCUT2D eigenvalue weighted by Crippen LogP contribution is -2.35. The van der Waals surface area contributed by atoms with Gasteiger partial charge in [0, 0.05) is 6.42 Å². The van der Waals surface area contributed by atoms with E-state index in [1.54, 1.807) is 0 Å². The molecular weight excluding hydrogens is 283 g/mol. The molecule has 1 heterocycles. The SMILES string of the molecule is CCCCCC=Cn1cc[n+](CC)c1CC.F[B-](F)(F)F. The second-order valence-corrected chi connectivity index (χ2v) is 4.64. The minimum absolute atomic E-state index is 1.06. The Morgan fingerprint density at radius 2 is 1.76 bits per heavy atom. The van der Waals surface area contributed by atoms with E-state index in [0.29, 0.717) is 0 Å². The molecule has 21 heavy (non-hydrogen) atoms. The first-order chi connectivity index (χ1) is 9.83. The van der Waals surface area contributed by atoms with Gasteiger partial charge in [-0.2, -0.15) is 0 Å². The highest BCUT2D eigenvalue weighted by Gasteiger charge is 2.20. The average molecular weight is 308 g/mol. The van der Waals surface area contributed by atoms with Crippen molar-refractivity contribution in [1.82, 2.24) is 4.57 Å². The van der Waals surface area contributed by atoms with Gasteiger partial charge in [0.15, 0.2) is 0 Å². The van der Waals surface area contributed by atoms with E-state index in [-0.39, 0.29) is 0 Å². The monoisotopic (exact) mass is 308 g/mol. The van der Waals surface area contributed by atoms with Crippen LogP contribution in [-0.2, 0) is 13.0 Å². The molecule has 0 fully saturated rings. The average Bonchev–Trinajstić information content (AvgIpc) is 2.78. The molecule has 7 heteroatoms.